The van der Waals surface area contributed by atoms with Crippen molar-refractivity contribution in [2.45, 2.75) is 13.5 Å². The molecular formula is C28H24FNO4. The van der Waals surface area contributed by atoms with Crippen molar-refractivity contribution in [3.05, 3.63) is 118 Å². The van der Waals surface area contributed by atoms with Crippen LogP contribution >= 0.6 is 0 Å². The van der Waals surface area contributed by atoms with Gasteiger partial charge >= 0.3 is 0 Å². The Labute approximate surface area is 197 Å². The lowest BCUT2D eigenvalue weighted by atomic mass is 9.99. The van der Waals surface area contributed by atoms with Gasteiger partial charge in [-0.15, -0.1) is 0 Å². The van der Waals surface area contributed by atoms with Crippen LogP contribution in [0.5, 0.6) is 0 Å². The van der Waals surface area contributed by atoms with Crippen LogP contribution in [0.4, 0.5) is 4.39 Å². The summed E-state index contributed by atoms with van der Waals surface area (Å²) in [5, 5.41) is 2.88. The molecule has 172 valence electrons. The Morgan fingerprint density at radius 3 is 2.32 bits per heavy atom. The van der Waals surface area contributed by atoms with Crippen molar-refractivity contribution in [1.29, 1.82) is 0 Å². The van der Waals surface area contributed by atoms with Crippen molar-refractivity contribution in [1.82, 2.24) is 5.32 Å². The minimum atomic E-state index is -0.387. The highest BCUT2D eigenvalue weighted by atomic mass is 19.1. The molecule has 0 radical (unpaired) electrons. The van der Waals surface area contributed by atoms with Gasteiger partial charge in [-0.25, -0.2) is 4.39 Å². The minimum Gasteiger partial charge on any atom is -0.492 e. The highest BCUT2D eigenvalue weighted by Crippen LogP contribution is 2.43. The molecule has 2 aliphatic carbocycles. The third kappa shape index (κ3) is 4.62. The summed E-state index contributed by atoms with van der Waals surface area (Å²) in [5.74, 6) is -0.664. The first kappa shape index (κ1) is 23.0. The molecule has 0 bridgehead atoms. The molecular weight excluding hydrogens is 433 g/mol. The van der Waals surface area contributed by atoms with Crippen molar-refractivity contribution in [3.8, 4) is 0 Å². The van der Waals surface area contributed by atoms with Gasteiger partial charge < -0.3 is 14.8 Å². The van der Waals surface area contributed by atoms with Gasteiger partial charge in [-0.3, -0.25) is 9.59 Å². The number of hydrogen-bond donors (Lipinski definition) is 1. The number of fused-ring (bicyclic) bond motifs is 1. The summed E-state index contributed by atoms with van der Waals surface area (Å²) < 4.78 is 24.5. The fraction of sp³-hybridized carbons (Fsp3) is 0.143. The predicted molar refractivity (Wildman–Crippen MR) is 129 cm³/mol. The van der Waals surface area contributed by atoms with Crippen LogP contribution in [-0.4, -0.2) is 25.9 Å². The fourth-order valence-electron chi connectivity index (χ4n) is 4.01. The molecule has 2 aliphatic rings. The molecule has 0 saturated carbocycles. The third-order valence-electron chi connectivity index (χ3n) is 5.75. The van der Waals surface area contributed by atoms with E-state index in [1.54, 1.807) is 18.2 Å². The van der Waals surface area contributed by atoms with E-state index in [1.807, 2.05) is 43.3 Å². The van der Waals surface area contributed by atoms with Crippen molar-refractivity contribution in [2.24, 2.45) is 0 Å². The van der Waals surface area contributed by atoms with Crippen LogP contribution in [0.1, 0.15) is 23.6 Å². The lowest BCUT2D eigenvalue weighted by Crippen LogP contribution is -2.20. The van der Waals surface area contributed by atoms with Gasteiger partial charge in [-0.2, -0.15) is 0 Å². The standard InChI is InChI=1S/C28H24FNO4/c1-17-22(11-19-12-25(33-2)28(32)26(13-19)34-3)21-10-9-20(29)14-24(21)23(17)15-27(31)30-16-18-7-5-4-6-8-18/h4-15H,16H2,1-3H3,(H,30,31)/b23-15-. The van der Waals surface area contributed by atoms with E-state index >= 15 is 0 Å². The molecule has 34 heavy (non-hydrogen) atoms. The van der Waals surface area contributed by atoms with E-state index in [4.69, 9.17) is 9.47 Å². The summed E-state index contributed by atoms with van der Waals surface area (Å²) in [4.78, 5) is 25.0. The van der Waals surface area contributed by atoms with Gasteiger partial charge in [0.25, 0.3) is 5.78 Å². The Morgan fingerprint density at radius 1 is 1.00 bits per heavy atom. The molecule has 0 aliphatic heterocycles. The maximum absolute atomic E-state index is 14.1. The Bertz CT molecular complexity index is 1290. The number of halogens is 1. The predicted octanol–water partition coefficient (Wildman–Crippen LogP) is 4.88. The number of ether oxygens (including phenoxy) is 2. The second kappa shape index (κ2) is 9.75. The van der Waals surface area contributed by atoms with E-state index in [1.165, 1.54) is 32.4 Å². The van der Waals surface area contributed by atoms with Crippen molar-refractivity contribution in [3.63, 3.8) is 0 Å². The number of carbonyl (C=O) groups is 2. The van der Waals surface area contributed by atoms with Crippen LogP contribution in [0.25, 0.3) is 11.1 Å². The molecule has 1 amide bonds. The smallest absolute Gasteiger partial charge is 0.261 e. The van der Waals surface area contributed by atoms with Gasteiger partial charge in [0.1, 0.15) is 5.82 Å². The maximum Gasteiger partial charge on any atom is 0.261 e. The van der Waals surface area contributed by atoms with E-state index in [0.717, 1.165) is 22.3 Å². The highest BCUT2D eigenvalue weighted by Gasteiger charge is 2.26. The first-order chi connectivity index (χ1) is 16.4. The molecule has 0 atom stereocenters. The van der Waals surface area contributed by atoms with Crippen LogP contribution < -0.4 is 5.32 Å². The number of benzene rings is 2. The Balaban J connectivity index is 1.72. The van der Waals surface area contributed by atoms with Crippen molar-refractivity contribution in [2.75, 3.05) is 14.2 Å². The van der Waals surface area contributed by atoms with Gasteiger partial charge in [0.15, 0.2) is 11.5 Å². The van der Waals surface area contributed by atoms with Crippen LogP contribution in [0.2, 0.25) is 0 Å². The second-order valence-electron chi connectivity index (χ2n) is 7.89. The molecule has 0 fully saturated rings. The molecule has 4 rings (SSSR count). The number of Topliss-reactive ketones (excluding diaryl/α,β-unsaturated/α-hetero) is 1. The summed E-state index contributed by atoms with van der Waals surface area (Å²) in [6.45, 7) is 2.28. The quantitative estimate of drug-likeness (QED) is 0.628. The Hall–Kier alpha value is -4.19. The normalized spacial score (nSPS) is 16.2. The monoisotopic (exact) mass is 457 g/mol. The number of ketones is 1. The Kier molecular flexibility index (Phi) is 6.59. The first-order valence-electron chi connectivity index (χ1n) is 10.7. The highest BCUT2D eigenvalue weighted by molar-refractivity contribution is 6.10. The summed E-state index contributed by atoms with van der Waals surface area (Å²) >= 11 is 0. The minimum absolute atomic E-state index is 0.164. The molecule has 6 heteroatoms. The zero-order valence-corrected chi connectivity index (χ0v) is 19.1. The summed E-state index contributed by atoms with van der Waals surface area (Å²) in [6.07, 6.45) is 6.63. The summed E-state index contributed by atoms with van der Waals surface area (Å²) in [7, 11) is 2.85. The maximum atomic E-state index is 14.1. The molecule has 1 N–H and O–H groups in total. The molecule has 0 spiro atoms. The molecule has 2 aromatic carbocycles. The number of carbonyl (C=O) groups excluding carboxylic acids is 2. The lowest BCUT2D eigenvalue weighted by Gasteiger charge is -2.14. The molecule has 2 aromatic rings. The molecule has 0 unspecified atom stereocenters. The fourth-order valence-corrected chi connectivity index (χ4v) is 4.01. The van der Waals surface area contributed by atoms with Crippen molar-refractivity contribution < 1.29 is 23.5 Å². The molecule has 0 aromatic heterocycles. The molecule has 5 nitrogen and oxygen atoms in total. The van der Waals surface area contributed by atoms with E-state index in [9.17, 15) is 14.0 Å². The lowest BCUT2D eigenvalue weighted by molar-refractivity contribution is -0.118. The average Bonchev–Trinajstić information content (AvgIpc) is 3.09. The van der Waals surface area contributed by atoms with Crippen LogP contribution in [-0.2, 0) is 25.6 Å². The van der Waals surface area contributed by atoms with Crippen LogP contribution in [0, 0.1) is 5.82 Å². The zero-order valence-electron chi connectivity index (χ0n) is 19.1. The zero-order chi connectivity index (χ0) is 24.2. The number of hydrogen-bond acceptors (Lipinski definition) is 4. The Morgan fingerprint density at radius 2 is 1.68 bits per heavy atom. The number of rotatable bonds is 6. The van der Waals surface area contributed by atoms with Gasteiger partial charge in [-0.05, 0) is 76.3 Å². The summed E-state index contributed by atoms with van der Waals surface area (Å²) in [5.41, 5.74) is 5.39. The molecule has 0 heterocycles. The van der Waals surface area contributed by atoms with E-state index < -0.39 is 0 Å². The van der Waals surface area contributed by atoms with E-state index in [2.05, 4.69) is 5.32 Å². The number of allylic oxidation sites excluding steroid dienone is 7. The second-order valence-corrected chi connectivity index (χ2v) is 7.89. The largest absolute Gasteiger partial charge is 0.492 e. The first-order valence-corrected chi connectivity index (χ1v) is 10.7. The van der Waals surface area contributed by atoms with E-state index in [-0.39, 0.29) is 29.0 Å². The van der Waals surface area contributed by atoms with Gasteiger partial charge in [0.2, 0.25) is 5.91 Å². The van der Waals surface area contributed by atoms with Crippen molar-refractivity contribution >= 4 is 22.8 Å². The number of amides is 1. The average molecular weight is 458 g/mol. The topological polar surface area (TPSA) is 64.6 Å². The van der Waals surface area contributed by atoms with Gasteiger partial charge in [0.05, 0.1) is 14.2 Å². The number of nitrogens with one attached hydrogen (secondary N) is 1. The van der Waals surface area contributed by atoms with Gasteiger partial charge in [0, 0.05) is 12.6 Å². The van der Waals surface area contributed by atoms with Crippen LogP contribution in [0.15, 0.2) is 95.5 Å². The summed E-state index contributed by atoms with van der Waals surface area (Å²) in [6, 6.07) is 14.1. The van der Waals surface area contributed by atoms with E-state index in [0.29, 0.717) is 23.3 Å². The number of methoxy groups -OCH3 is 2. The molecule has 0 saturated heterocycles. The van der Waals surface area contributed by atoms with Crippen LogP contribution in [0.3, 0.4) is 0 Å². The SMILES string of the molecule is COC1=CC(=CC2=C(C)/C(=C/C(=O)NCc3ccccc3)c3cc(F)ccc32)C=C(OC)C1=O. The third-order valence-corrected chi connectivity index (χ3v) is 5.75. The van der Waals surface area contributed by atoms with Gasteiger partial charge in [-0.1, -0.05) is 36.4 Å².